The third kappa shape index (κ3) is 3.44. The lowest BCUT2D eigenvalue weighted by Gasteiger charge is -2.39. The minimum Gasteiger partial charge on any atom is -0.387 e. The van der Waals surface area contributed by atoms with Crippen LogP contribution in [0.3, 0.4) is 0 Å². The van der Waals surface area contributed by atoms with Gasteiger partial charge < -0.3 is 10.4 Å². The highest BCUT2D eigenvalue weighted by Gasteiger charge is 2.32. The third-order valence-corrected chi connectivity index (χ3v) is 3.50. The molecule has 18 heavy (non-hydrogen) atoms. The molecule has 4 heteroatoms. The van der Waals surface area contributed by atoms with E-state index in [1.807, 2.05) is 0 Å². The smallest absolute Gasteiger partial charge is 0.129 e. The lowest BCUT2D eigenvalue weighted by atomic mass is 9.85. The maximum absolute atomic E-state index is 13.6. The molecule has 2 N–H and O–H groups in total. The van der Waals surface area contributed by atoms with Gasteiger partial charge in [-0.05, 0) is 39.2 Å². The minimum atomic E-state index is -0.768. The summed E-state index contributed by atoms with van der Waals surface area (Å²) >= 11 is 0. The molecule has 0 unspecified atom stereocenters. The first-order valence-electron chi connectivity index (χ1n) is 6.20. The van der Waals surface area contributed by atoms with E-state index in [1.165, 1.54) is 6.07 Å². The van der Waals surface area contributed by atoms with Gasteiger partial charge in [0.05, 0.1) is 6.10 Å². The predicted octanol–water partition coefficient (Wildman–Crippen LogP) is 3.20. The highest BCUT2D eigenvalue weighted by atomic mass is 35.5. The minimum absolute atomic E-state index is 0. The summed E-state index contributed by atoms with van der Waals surface area (Å²) in [6.45, 7) is 4.24. The van der Waals surface area contributed by atoms with Gasteiger partial charge in [-0.1, -0.05) is 18.2 Å². The lowest BCUT2D eigenvalue weighted by molar-refractivity contribution is 0.0817. The van der Waals surface area contributed by atoms with E-state index in [0.717, 1.165) is 19.3 Å². The monoisotopic (exact) mass is 273 g/mol. The zero-order valence-electron chi connectivity index (χ0n) is 10.8. The Labute approximate surface area is 114 Å². The van der Waals surface area contributed by atoms with Crippen LogP contribution >= 0.6 is 12.4 Å². The molecule has 0 amide bonds. The summed E-state index contributed by atoms with van der Waals surface area (Å²) in [6.07, 6.45) is 2.28. The Bertz CT molecular complexity index is 397. The van der Waals surface area contributed by atoms with E-state index in [-0.39, 0.29) is 29.8 Å². The molecule has 1 aromatic rings. The van der Waals surface area contributed by atoms with Gasteiger partial charge in [0.2, 0.25) is 0 Å². The second-order valence-electron chi connectivity index (χ2n) is 5.49. The summed E-state index contributed by atoms with van der Waals surface area (Å²) in [4.78, 5) is 0. The Balaban J connectivity index is 0.00000162. The molecule has 0 spiro atoms. The molecule has 1 aliphatic heterocycles. The summed E-state index contributed by atoms with van der Waals surface area (Å²) in [5, 5.41) is 13.7. The van der Waals surface area contributed by atoms with Gasteiger partial charge in [-0.2, -0.15) is 0 Å². The van der Waals surface area contributed by atoms with Crippen LogP contribution < -0.4 is 5.32 Å². The van der Waals surface area contributed by atoms with Crippen molar-refractivity contribution in [3.05, 3.63) is 35.6 Å². The van der Waals surface area contributed by atoms with E-state index < -0.39 is 6.10 Å². The fourth-order valence-electron chi connectivity index (χ4n) is 2.58. The number of halogens is 2. The normalized spacial score (nSPS) is 24.1. The maximum atomic E-state index is 13.6. The van der Waals surface area contributed by atoms with Crippen LogP contribution in [0.15, 0.2) is 24.3 Å². The van der Waals surface area contributed by atoms with E-state index in [9.17, 15) is 9.50 Å². The van der Waals surface area contributed by atoms with Crippen LogP contribution in [0.1, 0.15) is 44.8 Å². The molecule has 1 aliphatic rings. The number of piperidine rings is 1. The zero-order chi connectivity index (χ0) is 12.5. The van der Waals surface area contributed by atoms with Crippen molar-refractivity contribution in [1.29, 1.82) is 0 Å². The molecule has 2 rings (SSSR count). The molecular formula is C14H21ClFNO. The van der Waals surface area contributed by atoms with Gasteiger partial charge in [-0.25, -0.2) is 4.39 Å². The van der Waals surface area contributed by atoms with E-state index in [0.29, 0.717) is 5.56 Å². The average molecular weight is 274 g/mol. The van der Waals surface area contributed by atoms with E-state index in [2.05, 4.69) is 19.2 Å². The van der Waals surface area contributed by atoms with Crippen molar-refractivity contribution in [2.75, 3.05) is 0 Å². The third-order valence-electron chi connectivity index (χ3n) is 3.50. The van der Waals surface area contributed by atoms with Gasteiger partial charge in [-0.15, -0.1) is 12.4 Å². The van der Waals surface area contributed by atoms with Crippen LogP contribution in [-0.4, -0.2) is 16.7 Å². The lowest BCUT2D eigenvalue weighted by Crippen LogP contribution is -2.51. The van der Waals surface area contributed by atoms with Crippen molar-refractivity contribution in [2.45, 2.75) is 50.8 Å². The van der Waals surface area contributed by atoms with Crippen molar-refractivity contribution in [1.82, 2.24) is 5.32 Å². The Morgan fingerprint density at radius 3 is 2.67 bits per heavy atom. The van der Waals surface area contributed by atoms with Crippen LogP contribution in [0.4, 0.5) is 4.39 Å². The number of rotatable bonds is 2. The molecule has 0 saturated carbocycles. The quantitative estimate of drug-likeness (QED) is 0.867. The summed E-state index contributed by atoms with van der Waals surface area (Å²) in [6, 6.07) is 6.39. The summed E-state index contributed by atoms with van der Waals surface area (Å²) in [5.74, 6) is -0.329. The average Bonchev–Trinajstić information content (AvgIpc) is 2.27. The zero-order valence-corrected chi connectivity index (χ0v) is 11.6. The van der Waals surface area contributed by atoms with E-state index in [4.69, 9.17) is 0 Å². The van der Waals surface area contributed by atoms with Crippen molar-refractivity contribution in [3.8, 4) is 0 Å². The summed E-state index contributed by atoms with van der Waals surface area (Å²) < 4.78 is 13.6. The fourth-order valence-corrected chi connectivity index (χ4v) is 2.58. The topological polar surface area (TPSA) is 32.3 Å². The van der Waals surface area contributed by atoms with Gasteiger partial charge in [0.15, 0.2) is 0 Å². The Morgan fingerprint density at radius 2 is 2.06 bits per heavy atom. The molecule has 1 aromatic carbocycles. The van der Waals surface area contributed by atoms with Crippen molar-refractivity contribution >= 4 is 12.4 Å². The maximum Gasteiger partial charge on any atom is 0.129 e. The number of aliphatic hydroxyl groups is 1. The predicted molar refractivity (Wildman–Crippen MR) is 73.5 cm³/mol. The van der Waals surface area contributed by atoms with Crippen molar-refractivity contribution in [3.63, 3.8) is 0 Å². The van der Waals surface area contributed by atoms with Crippen LogP contribution in [-0.2, 0) is 0 Å². The molecule has 1 heterocycles. The molecule has 102 valence electrons. The second kappa shape index (κ2) is 6.00. The molecular weight excluding hydrogens is 253 g/mol. The Kier molecular flexibility index (Phi) is 5.14. The highest BCUT2D eigenvalue weighted by molar-refractivity contribution is 5.85. The molecule has 1 saturated heterocycles. The van der Waals surface area contributed by atoms with Crippen molar-refractivity contribution < 1.29 is 9.50 Å². The standard InChI is InChI=1S/C14H20FNO.ClH/c1-14(2)9-5-8-12(16-14)13(17)10-6-3-4-7-11(10)15;/h3-4,6-7,12-13,16-17H,5,8-9H2,1-2H3;1H/t12-,13+;/m1./s1. The molecule has 0 aromatic heterocycles. The van der Waals surface area contributed by atoms with Gasteiger partial charge in [0, 0.05) is 17.1 Å². The molecule has 1 fully saturated rings. The Morgan fingerprint density at radius 1 is 1.39 bits per heavy atom. The van der Waals surface area contributed by atoms with Crippen molar-refractivity contribution in [2.24, 2.45) is 0 Å². The van der Waals surface area contributed by atoms with Gasteiger partial charge in [-0.3, -0.25) is 0 Å². The highest BCUT2D eigenvalue weighted by Crippen LogP contribution is 2.29. The summed E-state index contributed by atoms with van der Waals surface area (Å²) in [7, 11) is 0. The first kappa shape index (κ1) is 15.4. The molecule has 2 nitrogen and oxygen atoms in total. The molecule has 0 aliphatic carbocycles. The number of aliphatic hydroxyl groups excluding tert-OH is 1. The second-order valence-corrected chi connectivity index (χ2v) is 5.49. The van der Waals surface area contributed by atoms with Gasteiger partial charge in [0.1, 0.15) is 5.82 Å². The van der Waals surface area contributed by atoms with E-state index in [1.54, 1.807) is 18.2 Å². The van der Waals surface area contributed by atoms with E-state index >= 15 is 0 Å². The largest absolute Gasteiger partial charge is 0.387 e. The van der Waals surface area contributed by atoms with Crippen LogP contribution in [0.25, 0.3) is 0 Å². The van der Waals surface area contributed by atoms with Crippen LogP contribution in [0, 0.1) is 5.82 Å². The number of benzene rings is 1. The Hall–Kier alpha value is -0.640. The number of hydrogen-bond donors (Lipinski definition) is 2. The van der Waals surface area contributed by atoms with Gasteiger partial charge in [0.25, 0.3) is 0 Å². The fraction of sp³-hybridized carbons (Fsp3) is 0.571. The molecule has 2 atom stereocenters. The van der Waals surface area contributed by atoms with Crippen LogP contribution in [0.2, 0.25) is 0 Å². The summed E-state index contributed by atoms with van der Waals surface area (Å²) in [5.41, 5.74) is 0.414. The molecule has 0 bridgehead atoms. The first-order chi connectivity index (χ1) is 7.99. The molecule has 0 radical (unpaired) electrons. The number of nitrogens with one attached hydrogen (secondary N) is 1. The first-order valence-corrected chi connectivity index (χ1v) is 6.20. The van der Waals surface area contributed by atoms with Gasteiger partial charge >= 0.3 is 0 Å². The SMILES string of the molecule is CC1(C)CCC[C@H]([C@@H](O)c2ccccc2F)N1.Cl. The number of hydrogen-bond acceptors (Lipinski definition) is 2. The van der Waals surface area contributed by atoms with Crippen LogP contribution in [0.5, 0.6) is 0 Å².